The third-order valence-electron chi connectivity index (χ3n) is 9.47. The molecule has 4 aliphatic rings. The molecule has 0 unspecified atom stereocenters. The molecule has 0 heterocycles. The van der Waals surface area contributed by atoms with E-state index in [0.717, 1.165) is 42.4 Å². The maximum Gasteiger partial charge on any atom is 0.0591 e. The molecule has 28 heavy (non-hydrogen) atoms. The third-order valence-corrected chi connectivity index (χ3v) is 9.47. The van der Waals surface area contributed by atoms with Crippen LogP contribution < -0.4 is 0 Å². The average Bonchev–Trinajstić information content (AvgIpc) is 2.97. The Labute approximate surface area is 173 Å². The van der Waals surface area contributed by atoms with Gasteiger partial charge in [0.15, 0.2) is 0 Å². The lowest BCUT2D eigenvalue weighted by atomic mass is 9.48. The van der Waals surface area contributed by atoms with Gasteiger partial charge in [-0.1, -0.05) is 64.0 Å². The average molecular weight is 383 g/mol. The summed E-state index contributed by atoms with van der Waals surface area (Å²) in [4.78, 5) is 0. The van der Waals surface area contributed by atoms with E-state index in [1.165, 1.54) is 38.5 Å². The molecule has 7 atom stereocenters. The Balaban J connectivity index is 1.49. The van der Waals surface area contributed by atoms with Gasteiger partial charge in [0.05, 0.1) is 5.60 Å². The van der Waals surface area contributed by atoms with Crippen molar-refractivity contribution in [1.82, 2.24) is 0 Å². The van der Waals surface area contributed by atoms with E-state index >= 15 is 0 Å². The van der Waals surface area contributed by atoms with Gasteiger partial charge in [0, 0.05) is 0 Å². The molecule has 2 fully saturated rings. The van der Waals surface area contributed by atoms with Crippen LogP contribution >= 0.6 is 0 Å². The number of hydrogen-bond donors (Lipinski definition) is 1. The molecule has 0 aromatic heterocycles. The van der Waals surface area contributed by atoms with Crippen molar-refractivity contribution in [2.24, 2.45) is 40.4 Å². The van der Waals surface area contributed by atoms with Crippen LogP contribution in [0.2, 0.25) is 0 Å². The van der Waals surface area contributed by atoms with E-state index < -0.39 is 5.60 Å². The van der Waals surface area contributed by atoms with Gasteiger partial charge in [-0.25, -0.2) is 0 Å². The van der Waals surface area contributed by atoms with Crippen LogP contribution in [0.3, 0.4) is 0 Å². The molecule has 0 spiro atoms. The van der Waals surface area contributed by atoms with Gasteiger partial charge in [-0.15, -0.1) is 0 Å². The lowest BCUT2D eigenvalue weighted by Gasteiger charge is -2.56. The maximum absolute atomic E-state index is 10.1. The topological polar surface area (TPSA) is 20.2 Å². The number of aliphatic hydroxyl groups is 1. The lowest BCUT2D eigenvalue weighted by Crippen LogP contribution is -2.48. The highest BCUT2D eigenvalue weighted by Crippen LogP contribution is 2.66. The van der Waals surface area contributed by atoms with Gasteiger partial charge >= 0.3 is 0 Å². The lowest BCUT2D eigenvalue weighted by molar-refractivity contribution is -0.0229. The Morgan fingerprint density at radius 1 is 1.18 bits per heavy atom. The molecule has 0 bridgehead atoms. The SMILES string of the molecule is C[C@@H](CCCC(C)(C)O)[C@@H]1CC[C@@H]2[C@@H]3C=CC4=CC=CC[C@]4(C)[C@H]3CC[C@]21C. The Bertz CT molecular complexity index is 677. The van der Waals surface area contributed by atoms with Crippen molar-refractivity contribution >= 4 is 0 Å². The van der Waals surface area contributed by atoms with Crippen molar-refractivity contribution < 1.29 is 5.11 Å². The minimum absolute atomic E-state index is 0.367. The van der Waals surface area contributed by atoms with Crippen LogP contribution in [0.15, 0.2) is 36.0 Å². The summed E-state index contributed by atoms with van der Waals surface area (Å²) in [6.45, 7) is 11.6. The van der Waals surface area contributed by atoms with Crippen LogP contribution in [0.25, 0.3) is 0 Å². The molecule has 1 heteroatoms. The molecule has 1 N–H and O–H groups in total. The second-order valence-corrected chi connectivity index (χ2v) is 11.7. The molecule has 156 valence electrons. The van der Waals surface area contributed by atoms with E-state index in [0.29, 0.717) is 10.8 Å². The van der Waals surface area contributed by atoms with Gasteiger partial charge in [0.2, 0.25) is 0 Å². The summed E-state index contributed by atoms with van der Waals surface area (Å²) in [7, 11) is 0. The summed E-state index contributed by atoms with van der Waals surface area (Å²) in [6, 6.07) is 0. The molecule has 1 nitrogen and oxygen atoms in total. The molecule has 0 aliphatic heterocycles. The summed E-state index contributed by atoms with van der Waals surface area (Å²) in [6.07, 6.45) is 22.4. The van der Waals surface area contributed by atoms with Crippen LogP contribution in [0.5, 0.6) is 0 Å². The highest BCUT2D eigenvalue weighted by atomic mass is 16.3. The molecule has 4 rings (SSSR count). The zero-order valence-corrected chi connectivity index (χ0v) is 18.9. The minimum atomic E-state index is -0.512. The van der Waals surface area contributed by atoms with Crippen LogP contribution in [0, 0.1) is 40.4 Å². The first-order chi connectivity index (χ1) is 13.2. The summed E-state index contributed by atoms with van der Waals surface area (Å²) in [5, 5.41) is 10.1. The molecular weight excluding hydrogens is 340 g/mol. The van der Waals surface area contributed by atoms with Crippen molar-refractivity contribution in [3.63, 3.8) is 0 Å². The zero-order chi connectivity index (χ0) is 20.2. The first-order valence-corrected chi connectivity index (χ1v) is 11.9. The zero-order valence-electron chi connectivity index (χ0n) is 18.9. The Kier molecular flexibility index (Phi) is 5.22. The van der Waals surface area contributed by atoms with Crippen molar-refractivity contribution in [3.05, 3.63) is 36.0 Å². The number of rotatable bonds is 5. The largest absolute Gasteiger partial charge is 0.390 e. The molecule has 0 aromatic carbocycles. The summed E-state index contributed by atoms with van der Waals surface area (Å²) >= 11 is 0. The van der Waals surface area contributed by atoms with Gasteiger partial charge in [-0.3, -0.25) is 0 Å². The molecule has 2 saturated carbocycles. The Morgan fingerprint density at radius 2 is 1.96 bits per heavy atom. The van der Waals surface area contributed by atoms with Gasteiger partial charge in [0.1, 0.15) is 0 Å². The monoisotopic (exact) mass is 382 g/mol. The van der Waals surface area contributed by atoms with E-state index in [1.54, 1.807) is 5.57 Å². The second kappa shape index (κ2) is 7.15. The number of fused-ring (bicyclic) bond motifs is 5. The van der Waals surface area contributed by atoms with Crippen molar-refractivity contribution in [2.75, 3.05) is 0 Å². The normalized spacial score (nSPS) is 43.1. The van der Waals surface area contributed by atoms with Crippen LogP contribution in [0.4, 0.5) is 0 Å². The highest BCUT2D eigenvalue weighted by molar-refractivity contribution is 5.39. The van der Waals surface area contributed by atoms with Gasteiger partial charge < -0.3 is 5.11 Å². The smallest absolute Gasteiger partial charge is 0.0591 e. The molecule has 4 aliphatic carbocycles. The molecule has 0 aromatic rings. The predicted octanol–water partition coefficient (Wildman–Crippen LogP) is 7.08. The van der Waals surface area contributed by atoms with Crippen LogP contribution in [-0.2, 0) is 0 Å². The summed E-state index contributed by atoms with van der Waals surface area (Å²) in [5.41, 5.74) is 1.95. The van der Waals surface area contributed by atoms with E-state index in [-0.39, 0.29) is 0 Å². The van der Waals surface area contributed by atoms with E-state index in [9.17, 15) is 5.11 Å². The van der Waals surface area contributed by atoms with Crippen LogP contribution in [0.1, 0.15) is 86.0 Å². The van der Waals surface area contributed by atoms with Gasteiger partial charge in [0.25, 0.3) is 0 Å². The Morgan fingerprint density at radius 3 is 2.71 bits per heavy atom. The molecular formula is C27H42O. The quantitative estimate of drug-likeness (QED) is 0.538. The number of hydrogen-bond acceptors (Lipinski definition) is 1. The fourth-order valence-corrected chi connectivity index (χ4v) is 7.86. The first kappa shape index (κ1) is 20.5. The fourth-order valence-electron chi connectivity index (χ4n) is 7.86. The van der Waals surface area contributed by atoms with Gasteiger partial charge in [-0.05, 0) is 98.4 Å². The second-order valence-electron chi connectivity index (χ2n) is 11.7. The Hall–Kier alpha value is -0.820. The van der Waals surface area contributed by atoms with E-state index in [4.69, 9.17) is 0 Å². The summed E-state index contributed by atoms with van der Waals surface area (Å²) < 4.78 is 0. The minimum Gasteiger partial charge on any atom is -0.390 e. The van der Waals surface area contributed by atoms with Crippen molar-refractivity contribution in [3.8, 4) is 0 Å². The summed E-state index contributed by atoms with van der Waals surface area (Å²) in [5.74, 6) is 4.13. The van der Waals surface area contributed by atoms with Crippen LogP contribution in [-0.4, -0.2) is 10.7 Å². The maximum atomic E-state index is 10.1. The first-order valence-electron chi connectivity index (χ1n) is 11.9. The van der Waals surface area contributed by atoms with E-state index in [1.807, 2.05) is 13.8 Å². The molecule has 0 radical (unpaired) electrons. The predicted molar refractivity (Wildman–Crippen MR) is 119 cm³/mol. The van der Waals surface area contributed by atoms with Crippen molar-refractivity contribution in [1.29, 1.82) is 0 Å². The van der Waals surface area contributed by atoms with Gasteiger partial charge in [-0.2, -0.15) is 0 Å². The number of allylic oxidation sites excluding steroid dienone is 6. The molecule has 0 saturated heterocycles. The third kappa shape index (κ3) is 3.36. The molecule has 0 amide bonds. The standard InChI is InChI=1S/C27H42O/c1-19(9-8-16-25(2,3)28)22-13-14-23-21-12-11-20-10-6-7-17-26(20,4)24(21)15-18-27(22,23)5/h6-7,10-12,19,21-24,28H,8-9,13-18H2,1-5H3/t19-,21-,22-,23+,24-,26-,27-/m0/s1. The van der Waals surface area contributed by atoms with Crippen molar-refractivity contribution in [2.45, 2.75) is 91.6 Å². The van der Waals surface area contributed by atoms with E-state index in [2.05, 4.69) is 51.2 Å². The highest BCUT2D eigenvalue weighted by Gasteiger charge is 2.58. The fraction of sp³-hybridized carbons (Fsp3) is 0.778.